The molecule has 1 unspecified atom stereocenters. The summed E-state index contributed by atoms with van der Waals surface area (Å²) in [5.41, 5.74) is 4.48. The molecule has 1 atom stereocenters. The van der Waals surface area contributed by atoms with E-state index in [-0.39, 0.29) is 17.6 Å². The number of amides is 2. The van der Waals surface area contributed by atoms with Gasteiger partial charge in [-0.2, -0.15) is 0 Å². The van der Waals surface area contributed by atoms with Crippen LogP contribution in [-0.4, -0.2) is 28.7 Å². The Kier molecular flexibility index (Phi) is 5.49. The van der Waals surface area contributed by atoms with E-state index in [4.69, 9.17) is 4.74 Å². The van der Waals surface area contributed by atoms with Gasteiger partial charge in [0.25, 0.3) is 5.91 Å². The van der Waals surface area contributed by atoms with E-state index in [0.29, 0.717) is 29.2 Å². The normalized spacial score (nSPS) is 14.3. The Hall–Kier alpha value is -4.00. The van der Waals surface area contributed by atoms with Crippen molar-refractivity contribution < 1.29 is 19.1 Å². The van der Waals surface area contributed by atoms with Crippen molar-refractivity contribution in [2.24, 2.45) is 0 Å². The molecule has 1 aromatic heterocycles. The zero-order chi connectivity index (χ0) is 22.0. The Balaban J connectivity index is 1.50. The number of nitrogens with one attached hydrogen (secondary N) is 2. The van der Waals surface area contributed by atoms with E-state index in [0.717, 1.165) is 16.7 Å². The molecule has 0 bridgehead atoms. The summed E-state index contributed by atoms with van der Waals surface area (Å²) < 4.78 is 5.81. The van der Waals surface area contributed by atoms with Crippen LogP contribution < -0.4 is 15.4 Å². The fourth-order valence-corrected chi connectivity index (χ4v) is 3.52. The van der Waals surface area contributed by atoms with E-state index in [2.05, 4.69) is 15.6 Å². The molecule has 2 heterocycles. The zero-order valence-electron chi connectivity index (χ0n) is 17.1. The minimum Gasteiger partial charge on any atom is -0.464 e. The van der Waals surface area contributed by atoms with Gasteiger partial charge in [-0.1, -0.05) is 18.2 Å². The monoisotopic (exact) mass is 415 g/mol. The number of ketones is 1. The summed E-state index contributed by atoms with van der Waals surface area (Å²) in [6, 6.07) is 16.1. The van der Waals surface area contributed by atoms with Crippen LogP contribution in [0.3, 0.4) is 0 Å². The van der Waals surface area contributed by atoms with Gasteiger partial charge < -0.3 is 15.4 Å². The molecule has 2 amide bonds. The number of pyridine rings is 1. The molecule has 1 aliphatic heterocycles. The molecular formula is C24H21N3O4. The van der Waals surface area contributed by atoms with Gasteiger partial charge in [-0.3, -0.25) is 14.4 Å². The summed E-state index contributed by atoms with van der Waals surface area (Å²) >= 11 is 0. The highest BCUT2D eigenvalue weighted by Gasteiger charge is 2.32. The Bertz CT molecular complexity index is 1170. The van der Waals surface area contributed by atoms with Crippen molar-refractivity contribution in [3.63, 3.8) is 0 Å². The molecule has 0 saturated carbocycles. The third-order valence-electron chi connectivity index (χ3n) is 5.01. The summed E-state index contributed by atoms with van der Waals surface area (Å²) in [5.74, 6) is -0.0303. The largest absolute Gasteiger partial charge is 0.464 e. The third-order valence-corrected chi connectivity index (χ3v) is 5.01. The minimum atomic E-state index is -0.713. The second kappa shape index (κ2) is 8.39. The molecule has 0 fully saturated rings. The summed E-state index contributed by atoms with van der Waals surface area (Å²) in [5, 5.41) is 5.51. The van der Waals surface area contributed by atoms with E-state index >= 15 is 0 Å². The molecule has 0 spiro atoms. The molecule has 4 rings (SSSR count). The first-order valence-electron chi connectivity index (χ1n) is 9.85. The third kappa shape index (κ3) is 4.45. The van der Waals surface area contributed by atoms with Gasteiger partial charge in [0.2, 0.25) is 11.8 Å². The topological polar surface area (TPSA) is 97.4 Å². The predicted octanol–water partition coefficient (Wildman–Crippen LogP) is 3.85. The Morgan fingerprint density at radius 1 is 0.968 bits per heavy atom. The quantitative estimate of drug-likeness (QED) is 0.617. The van der Waals surface area contributed by atoms with E-state index < -0.39 is 6.10 Å². The molecule has 7 nitrogen and oxygen atoms in total. The number of carbonyl (C=O) groups excluding carboxylic acids is 3. The smallest absolute Gasteiger partial charge is 0.265 e. The number of carbonyl (C=O) groups is 3. The van der Waals surface area contributed by atoms with Gasteiger partial charge >= 0.3 is 0 Å². The number of Topliss-reactive ketones (excluding diaryl/α,β-unsaturated/α-hetero) is 1. The first-order valence-corrected chi connectivity index (χ1v) is 9.85. The molecule has 2 aromatic carbocycles. The maximum Gasteiger partial charge on any atom is 0.265 e. The van der Waals surface area contributed by atoms with Gasteiger partial charge in [0.1, 0.15) is 0 Å². The fraction of sp³-hybridized carbons (Fsp3) is 0.167. The van der Waals surface area contributed by atoms with Crippen molar-refractivity contribution in [2.75, 3.05) is 10.6 Å². The first kappa shape index (κ1) is 20.3. The number of hydrogen-bond donors (Lipinski definition) is 2. The van der Waals surface area contributed by atoms with Crippen LogP contribution in [0.15, 0.2) is 60.8 Å². The summed E-state index contributed by atoms with van der Waals surface area (Å²) in [4.78, 5) is 39.9. The Morgan fingerprint density at radius 3 is 2.35 bits per heavy atom. The number of fused-ring (bicyclic) bond motifs is 1. The van der Waals surface area contributed by atoms with Gasteiger partial charge in [0, 0.05) is 42.0 Å². The molecular weight excluding hydrogens is 394 g/mol. The number of aromatic nitrogens is 1. The van der Waals surface area contributed by atoms with E-state index in [1.807, 2.05) is 24.3 Å². The lowest BCUT2D eigenvalue weighted by atomic mass is 9.96. The number of benzene rings is 2. The lowest BCUT2D eigenvalue weighted by Crippen LogP contribution is -2.31. The average molecular weight is 415 g/mol. The number of hydrogen-bond acceptors (Lipinski definition) is 5. The van der Waals surface area contributed by atoms with Gasteiger partial charge in [0.05, 0.1) is 0 Å². The van der Waals surface area contributed by atoms with Crippen LogP contribution in [-0.2, 0) is 16.0 Å². The van der Waals surface area contributed by atoms with Crippen molar-refractivity contribution in [3.8, 4) is 17.0 Å². The first-order chi connectivity index (χ1) is 14.9. The van der Waals surface area contributed by atoms with Crippen LogP contribution in [0.2, 0.25) is 0 Å². The summed E-state index contributed by atoms with van der Waals surface area (Å²) in [7, 11) is 0. The highest BCUT2D eigenvalue weighted by Crippen LogP contribution is 2.35. The number of rotatable bonds is 5. The standard InChI is InChI=1S/C24H21N3O4/c1-14(28)16-4-3-5-17(12-16)20-10-11-25-24-21(20)13-22(31-24)23(30)27-19-8-6-18(7-9-19)26-15(2)29/h3-12,22H,13H2,1-2H3,(H,26,29)(H,27,30). The van der Waals surface area contributed by atoms with Gasteiger partial charge in [-0.25, -0.2) is 4.98 Å². The fourth-order valence-electron chi connectivity index (χ4n) is 3.52. The van der Waals surface area contributed by atoms with E-state index in [9.17, 15) is 14.4 Å². The summed E-state index contributed by atoms with van der Waals surface area (Å²) in [6.45, 7) is 2.96. The Morgan fingerprint density at radius 2 is 1.68 bits per heavy atom. The predicted molar refractivity (Wildman–Crippen MR) is 117 cm³/mol. The number of anilines is 2. The van der Waals surface area contributed by atoms with Crippen molar-refractivity contribution >= 4 is 29.0 Å². The van der Waals surface area contributed by atoms with Crippen LogP contribution in [0.1, 0.15) is 29.8 Å². The van der Waals surface area contributed by atoms with Crippen molar-refractivity contribution in [1.29, 1.82) is 0 Å². The van der Waals surface area contributed by atoms with Crippen LogP contribution in [0.5, 0.6) is 5.88 Å². The van der Waals surface area contributed by atoms with Crippen LogP contribution in [0.25, 0.3) is 11.1 Å². The van der Waals surface area contributed by atoms with Crippen LogP contribution in [0.4, 0.5) is 11.4 Å². The summed E-state index contributed by atoms with van der Waals surface area (Å²) in [6.07, 6.45) is 1.29. The molecule has 0 radical (unpaired) electrons. The van der Waals surface area contributed by atoms with Crippen molar-refractivity contribution in [1.82, 2.24) is 4.98 Å². The average Bonchev–Trinajstić information content (AvgIpc) is 3.19. The highest BCUT2D eigenvalue weighted by molar-refractivity contribution is 5.97. The molecule has 1 aliphatic rings. The van der Waals surface area contributed by atoms with Crippen LogP contribution in [0, 0.1) is 0 Å². The number of ether oxygens (including phenoxy) is 1. The van der Waals surface area contributed by atoms with E-state index in [1.54, 1.807) is 36.5 Å². The van der Waals surface area contributed by atoms with Gasteiger partial charge in [-0.15, -0.1) is 0 Å². The SMILES string of the molecule is CC(=O)Nc1ccc(NC(=O)C2Cc3c(-c4cccc(C(C)=O)c4)ccnc3O2)cc1. The van der Waals surface area contributed by atoms with Gasteiger partial charge in [-0.05, 0) is 54.4 Å². The lowest BCUT2D eigenvalue weighted by Gasteiger charge is -2.11. The Labute approximate surface area is 179 Å². The second-order valence-electron chi connectivity index (χ2n) is 7.34. The van der Waals surface area contributed by atoms with Crippen LogP contribution >= 0.6 is 0 Å². The van der Waals surface area contributed by atoms with Crippen molar-refractivity contribution in [3.05, 3.63) is 71.9 Å². The second-order valence-corrected chi connectivity index (χ2v) is 7.34. The maximum atomic E-state index is 12.8. The number of nitrogens with zero attached hydrogens (tertiary/aromatic N) is 1. The molecule has 0 saturated heterocycles. The van der Waals surface area contributed by atoms with Crippen molar-refractivity contribution in [2.45, 2.75) is 26.4 Å². The molecule has 156 valence electrons. The van der Waals surface area contributed by atoms with Gasteiger partial charge in [0.15, 0.2) is 11.9 Å². The van der Waals surface area contributed by atoms with E-state index in [1.165, 1.54) is 13.8 Å². The molecule has 2 N–H and O–H groups in total. The lowest BCUT2D eigenvalue weighted by molar-refractivity contribution is -0.122. The maximum absolute atomic E-state index is 12.8. The molecule has 3 aromatic rings. The zero-order valence-corrected chi connectivity index (χ0v) is 17.1. The molecule has 7 heteroatoms. The highest BCUT2D eigenvalue weighted by atomic mass is 16.5. The minimum absolute atomic E-state index is 0.00872. The molecule has 31 heavy (non-hydrogen) atoms. The molecule has 0 aliphatic carbocycles.